The lowest BCUT2D eigenvalue weighted by Gasteiger charge is -2.13. The molecule has 0 fully saturated rings. The van der Waals surface area contributed by atoms with E-state index in [2.05, 4.69) is 44.1 Å². The average molecular weight is 245 g/mol. The number of hydrogen-bond donors (Lipinski definition) is 1. The highest BCUT2D eigenvalue weighted by Gasteiger charge is 2.17. The molecule has 18 heavy (non-hydrogen) atoms. The fourth-order valence-corrected chi connectivity index (χ4v) is 2.15. The molecule has 0 saturated heterocycles. The maximum atomic E-state index is 9.34. The van der Waals surface area contributed by atoms with Crippen LogP contribution in [0.1, 0.15) is 42.3 Å². The molecule has 0 aliphatic heterocycles. The van der Waals surface area contributed by atoms with Crippen molar-refractivity contribution in [2.45, 2.75) is 40.2 Å². The number of benzene rings is 1. The molecule has 0 unspecified atom stereocenters. The summed E-state index contributed by atoms with van der Waals surface area (Å²) in [5.41, 5.74) is 5.08. The first kappa shape index (κ1) is 12.8. The second kappa shape index (κ2) is 4.90. The van der Waals surface area contributed by atoms with Gasteiger partial charge in [0.2, 0.25) is 0 Å². The lowest BCUT2D eigenvalue weighted by Crippen LogP contribution is -2.07. The topological polar surface area (TPSA) is 50.9 Å². The summed E-state index contributed by atoms with van der Waals surface area (Å²) in [6.45, 7) is 8.25. The maximum Gasteiger partial charge on any atom is 0.112 e. The van der Waals surface area contributed by atoms with Gasteiger partial charge in [-0.3, -0.25) is 0 Å². The van der Waals surface area contributed by atoms with Gasteiger partial charge in [0.15, 0.2) is 0 Å². The van der Waals surface area contributed by atoms with Crippen molar-refractivity contribution < 1.29 is 5.11 Å². The molecule has 1 heterocycles. The highest BCUT2D eigenvalue weighted by molar-refractivity contribution is 5.45. The lowest BCUT2D eigenvalue weighted by atomic mass is 10.1. The summed E-state index contributed by atoms with van der Waals surface area (Å²) in [7, 11) is 0. The number of nitrogens with zero attached hydrogens (tertiary/aromatic N) is 3. The van der Waals surface area contributed by atoms with E-state index in [9.17, 15) is 5.11 Å². The number of aromatic nitrogens is 3. The number of aryl methyl sites for hydroxylation is 1. The van der Waals surface area contributed by atoms with Crippen molar-refractivity contribution in [3.63, 3.8) is 0 Å². The maximum absolute atomic E-state index is 9.34. The van der Waals surface area contributed by atoms with Crippen LogP contribution >= 0.6 is 0 Å². The molecule has 0 aliphatic rings. The highest BCUT2D eigenvalue weighted by Crippen LogP contribution is 2.24. The number of aliphatic hydroxyl groups is 1. The molecule has 0 aliphatic carbocycles. The van der Waals surface area contributed by atoms with Gasteiger partial charge in [0.1, 0.15) is 5.69 Å². The number of aliphatic hydroxyl groups excluding tert-OH is 1. The Morgan fingerprint density at radius 2 is 2.00 bits per heavy atom. The van der Waals surface area contributed by atoms with Crippen LogP contribution in [0.15, 0.2) is 18.2 Å². The first-order valence-electron chi connectivity index (χ1n) is 6.18. The molecule has 96 valence electrons. The van der Waals surface area contributed by atoms with Gasteiger partial charge in [-0.2, -0.15) is 0 Å². The molecule has 1 aromatic carbocycles. The Balaban J connectivity index is 2.64. The van der Waals surface area contributed by atoms with Gasteiger partial charge in [0.25, 0.3) is 0 Å². The van der Waals surface area contributed by atoms with E-state index >= 15 is 0 Å². The van der Waals surface area contributed by atoms with Crippen LogP contribution in [-0.4, -0.2) is 20.1 Å². The van der Waals surface area contributed by atoms with Gasteiger partial charge < -0.3 is 5.11 Å². The van der Waals surface area contributed by atoms with Crippen LogP contribution in [-0.2, 0) is 6.61 Å². The summed E-state index contributed by atoms with van der Waals surface area (Å²) in [6.07, 6.45) is 0. The summed E-state index contributed by atoms with van der Waals surface area (Å²) >= 11 is 0. The summed E-state index contributed by atoms with van der Waals surface area (Å²) < 4.78 is 1.85. The predicted octanol–water partition coefficient (Wildman–Crippen LogP) is 2.50. The predicted molar refractivity (Wildman–Crippen MR) is 70.8 cm³/mol. The van der Waals surface area contributed by atoms with Gasteiger partial charge in [-0.25, -0.2) is 4.68 Å². The summed E-state index contributed by atoms with van der Waals surface area (Å²) in [5.74, 6) is 0.266. The van der Waals surface area contributed by atoms with E-state index in [1.54, 1.807) is 0 Å². The molecule has 4 heteroatoms. The van der Waals surface area contributed by atoms with E-state index in [-0.39, 0.29) is 12.5 Å². The van der Waals surface area contributed by atoms with Crippen molar-refractivity contribution in [2.24, 2.45) is 0 Å². The molecule has 2 rings (SSSR count). The molecule has 2 aromatic rings. The zero-order valence-electron chi connectivity index (χ0n) is 11.3. The fraction of sp³-hybridized carbons (Fsp3) is 0.429. The molecular weight excluding hydrogens is 226 g/mol. The van der Waals surface area contributed by atoms with E-state index in [0.717, 1.165) is 11.4 Å². The van der Waals surface area contributed by atoms with Crippen molar-refractivity contribution in [2.75, 3.05) is 0 Å². The van der Waals surface area contributed by atoms with Gasteiger partial charge >= 0.3 is 0 Å². The molecular formula is C14H19N3O. The Morgan fingerprint density at radius 3 is 2.61 bits per heavy atom. The van der Waals surface area contributed by atoms with Gasteiger partial charge in [-0.15, -0.1) is 5.10 Å². The van der Waals surface area contributed by atoms with Crippen LogP contribution in [0.5, 0.6) is 0 Å². The van der Waals surface area contributed by atoms with Crippen LogP contribution in [0.25, 0.3) is 5.69 Å². The van der Waals surface area contributed by atoms with E-state index in [1.165, 1.54) is 11.1 Å². The molecule has 0 bridgehead atoms. The monoisotopic (exact) mass is 245 g/mol. The third-order valence-electron chi connectivity index (χ3n) is 3.28. The standard InChI is InChI=1S/C14H19N3O/c1-9(2)14-12(8-18)15-16-17(14)13-7-5-6-10(3)11(13)4/h5-7,9,18H,8H2,1-4H3. The fourth-order valence-electron chi connectivity index (χ4n) is 2.15. The van der Waals surface area contributed by atoms with Gasteiger partial charge in [-0.05, 0) is 37.0 Å². The first-order chi connectivity index (χ1) is 8.56. The summed E-state index contributed by atoms with van der Waals surface area (Å²) in [6, 6.07) is 6.13. The first-order valence-corrected chi connectivity index (χ1v) is 6.18. The van der Waals surface area contributed by atoms with Gasteiger partial charge in [0.05, 0.1) is 18.0 Å². The van der Waals surface area contributed by atoms with Crippen molar-refractivity contribution >= 4 is 0 Å². The molecule has 4 nitrogen and oxygen atoms in total. The van der Waals surface area contributed by atoms with Gasteiger partial charge in [-0.1, -0.05) is 31.2 Å². The van der Waals surface area contributed by atoms with Gasteiger partial charge in [0, 0.05) is 0 Å². The minimum atomic E-state index is -0.0711. The average Bonchev–Trinajstić information content (AvgIpc) is 2.76. The zero-order valence-corrected chi connectivity index (χ0v) is 11.3. The SMILES string of the molecule is Cc1cccc(-n2nnc(CO)c2C(C)C)c1C. The molecule has 1 N–H and O–H groups in total. The lowest BCUT2D eigenvalue weighted by molar-refractivity contribution is 0.275. The van der Waals surface area contributed by atoms with Crippen LogP contribution in [0.3, 0.4) is 0 Å². The highest BCUT2D eigenvalue weighted by atomic mass is 16.3. The van der Waals surface area contributed by atoms with Crippen LogP contribution < -0.4 is 0 Å². The minimum Gasteiger partial charge on any atom is -0.390 e. The van der Waals surface area contributed by atoms with E-state index in [0.29, 0.717) is 5.69 Å². The summed E-state index contributed by atoms with van der Waals surface area (Å²) in [5, 5.41) is 17.6. The Hall–Kier alpha value is -1.68. The molecule has 0 saturated carbocycles. The summed E-state index contributed by atoms with van der Waals surface area (Å²) in [4.78, 5) is 0. The molecule has 1 aromatic heterocycles. The smallest absolute Gasteiger partial charge is 0.112 e. The second-order valence-electron chi connectivity index (χ2n) is 4.87. The van der Waals surface area contributed by atoms with Crippen molar-refractivity contribution in [3.8, 4) is 5.69 Å². The Bertz CT molecular complexity index is 558. The van der Waals surface area contributed by atoms with Crippen LogP contribution in [0.4, 0.5) is 0 Å². The van der Waals surface area contributed by atoms with Crippen molar-refractivity contribution in [1.82, 2.24) is 15.0 Å². The molecule has 0 amide bonds. The van der Waals surface area contributed by atoms with E-state index in [4.69, 9.17) is 0 Å². The van der Waals surface area contributed by atoms with E-state index in [1.807, 2.05) is 16.8 Å². The van der Waals surface area contributed by atoms with Crippen LogP contribution in [0.2, 0.25) is 0 Å². The zero-order chi connectivity index (χ0) is 13.3. The number of hydrogen-bond acceptors (Lipinski definition) is 3. The molecule has 0 spiro atoms. The largest absolute Gasteiger partial charge is 0.390 e. The normalized spacial score (nSPS) is 11.2. The third kappa shape index (κ3) is 2.04. The Morgan fingerprint density at radius 1 is 1.28 bits per heavy atom. The molecule has 0 atom stereocenters. The third-order valence-corrected chi connectivity index (χ3v) is 3.28. The minimum absolute atomic E-state index is 0.0711. The second-order valence-corrected chi connectivity index (χ2v) is 4.87. The van der Waals surface area contributed by atoms with Crippen molar-refractivity contribution in [3.05, 3.63) is 40.7 Å². The van der Waals surface area contributed by atoms with Crippen molar-refractivity contribution in [1.29, 1.82) is 0 Å². The molecule has 0 radical (unpaired) electrons. The van der Waals surface area contributed by atoms with E-state index < -0.39 is 0 Å². The quantitative estimate of drug-likeness (QED) is 0.904. The Labute approximate surface area is 107 Å². The van der Waals surface area contributed by atoms with Crippen LogP contribution in [0, 0.1) is 13.8 Å². The Kier molecular flexibility index (Phi) is 3.48. The number of rotatable bonds is 3.